The highest BCUT2D eigenvalue weighted by molar-refractivity contribution is 5.96. The van der Waals surface area contributed by atoms with Gasteiger partial charge in [0.05, 0.1) is 0 Å². The van der Waals surface area contributed by atoms with E-state index in [4.69, 9.17) is 0 Å². The summed E-state index contributed by atoms with van der Waals surface area (Å²) in [4.78, 5) is 29.5. The minimum Gasteiger partial charge on any atom is -0.342 e. The van der Waals surface area contributed by atoms with Crippen LogP contribution in [0.5, 0.6) is 0 Å². The summed E-state index contributed by atoms with van der Waals surface area (Å²) in [6.07, 6.45) is 4.73. The summed E-state index contributed by atoms with van der Waals surface area (Å²) in [5.41, 5.74) is 2.66. The molecule has 7 heteroatoms. The average Bonchev–Trinajstić information content (AvgIpc) is 3.17. The monoisotopic (exact) mass is 406 g/mol. The van der Waals surface area contributed by atoms with Gasteiger partial charge in [0.15, 0.2) is 0 Å². The van der Waals surface area contributed by atoms with Crippen molar-refractivity contribution in [2.75, 3.05) is 5.32 Å². The molecule has 1 aliphatic heterocycles. The second-order valence-electron chi connectivity index (χ2n) is 7.53. The molecule has 1 aromatic heterocycles. The molecule has 2 unspecified atom stereocenters. The molecule has 4 rings (SSSR count). The molecule has 3 aromatic rings. The third-order valence-corrected chi connectivity index (χ3v) is 5.46. The van der Waals surface area contributed by atoms with Gasteiger partial charge in [0.2, 0.25) is 11.8 Å². The molecule has 0 saturated carbocycles. The number of anilines is 1. The lowest BCUT2D eigenvalue weighted by Gasteiger charge is -2.25. The SMILES string of the molecule is Cn1ccnc1C(NC(=O)CCC1Cc2ccccc2NC1=O)c1ccc(F)cc1. The number of hydrogen-bond acceptors (Lipinski definition) is 3. The van der Waals surface area contributed by atoms with Gasteiger partial charge in [-0.2, -0.15) is 0 Å². The van der Waals surface area contributed by atoms with Crippen molar-refractivity contribution in [1.82, 2.24) is 14.9 Å². The van der Waals surface area contributed by atoms with Crippen LogP contribution < -0.4 is 10.6 Å². The number of carbonyl (C=O) groups is 2. The summed E-state index contributed by atoms with van der Waals surface area (Å²) in [5, 5.41) is 5.91. The molecule has 0 fully saturated rings. The van der Waals surface area contributed by atoms with Crippen LogP contribution in [-0.2, 0) is 23.1 Å². The van der Waals surface area contributed by atoms with Crippen LogP contribution in [-0.4, -0.2) is 21.4 Å². The lowest BCUT2D eigenvalue weighted by Crippen LogP contribution is -2.34. The van der Waals surface area contributed by atoms with E-state index in [0.29, 0.717) is 18.7 Å². The Kier molecular flexibility index (Phi) is 5.61. The molecule has 2 amide bonds. The summed E-state index contributed by atoms with van der Waals surface area (Å²) < 4.78 is 15.2. The van der Waals surface area contributed by atoms with Crippen LogP contribution >= 0.6 is 0 Å². The van der Waals surface area contributed by atoms with Crippen LogP contribution in [0.15, 0.2) is 60.9 Å². The minimum atomic E-state index is -0.501. The van der Waals surface area contributed by atoms with E-state index in [2.05, 4.69) is 15.6 Å². The van der Waals surface area contributed by atoms with E-state index in [0.717, 1.165) is 16.8 Å². The Balaban J connectivity index is 1.44. The van der Waals surface area contributed by atoms with Crippen molar-refractivity contribution in [3.63, 3.8) is 0 Å². The van der Waals surface area contributed by atoms with Crippen LogP contribution in [0.25, 0.3) is 0 Å². The largest absolute Gasteiger partial charge is 0.342 e. The first-order valence-corrected chi connectivity index (χ1v) is 9.92. The van der Waals surface area contributed by atoms with Gasteiger partial charge >= 0.3 is 0 Å². The first kappa shape index (κ1) is 19.8. The Bertz CT molecular complexity index is 1060. The zero-order valence-corrected chi connectivity index (χ0v) is 16.6. The Hall–Kier alpha value is -3.48. The fourth-order valence-corrected chi connectivity index (χ4v) is 3.79. The van der Waals surface area contributed by atoms with E-state index in [1.807, 2.05) is 35.9 Å². The van der Waals surface area contributed by atoms with Gasteiger partial charge in [0.25, 0.3) is 0 Å². The molecule has 0 spiro atoms. The first-order chi connectivity index (χ1) is 14.5. The van der Waals surface area contributed by atoms with Crippen molar-refractivity contribution in [3.8, 4) is 0 Å². The fourth-order valence-electron chi connectivity index (χ4n) is 3.79. The topological polar surface area (TPSA) is 76.0 Å². The van der Waals surface area contributed by atoms with E-state index >= 15 is 0 Å². The van der Waals surface area contributed by atoms with Gasteiger partial charge in [0.1, 0.15) is 17.7 Å². The Morgan fingerprint density at radius 2 is 2.03 bits per heavy atom. The van der Waals surface area contributed by atoms with E-state index in [-0.39, 0.29) is 30.0 Å². The number of imidazole rings is 1. The van der Waals surface area contributed by atoms with Crippen molar-refractivity contribution < 1.29 is 14.0 Å². The van der Waals surface area contributed by atoms with Gasteiger partial charge < -0.3 is 15.2 Å². The fraction of sp³-hybridized carbons (Fsp3) is 0.261. The predicted molar refractivity (Wildman–Crippen MR) is 111 cm³/mol. The molecule has 0 bridgehead atoms. The van der Waals surface area contributed by atoms with Crippen LogP contribution in [0.4, 0.5) is 10.1 Å². The predicted octanol–water partition coefficient (Wildman–Crippen LogP) is 3.36. The maximum absolute atomic E-state index is 13.4. The van der Waals surface area contributed by atoms with Crippen molar-refractivity contribution in [1.29, 1.82) is 0 Å². The van der Waals surface area contributed by atoms with E-state index in [1.165, 1.54) is 12.1 Å². The third kappa shape index (κ3) is 4.25. The summed E-state index contributed by atoms with van der Waals surface area (Å²) in [7, 11) is 1.84. The molecule has 154 valence electrons. The Morgan fingerprint density at radius 3 is 2.77 bits per heavy atom. The second-order valence-corrected chi connectivity index (χ2v) is 7.53. The van der Waals surface area contributed by atoms with Crippen molar-refractivity contribution >= 4 is 17.5 Å². The highest BCUT2D eigenvalue weighted by Gasteiger charge is 2.27. The zero-order valence-electron chi connectivity index (χ0n) is 16.6. The van der Waals surface area contributed by atoms with Gasteiger partial charge in [-0.3, -0.25) is 9.59 Å². The number of aryl methyl sites for hydroxylation is 1. The smallest absolute Gasteiger partial charge is 0.227 e. The summed E-state index contributed by atoms with van der Waals surface area (Å²) in [6, 6.07) is 13.2. The number of aromatic nitrogens is 2. The number of benzene rings is 2. The molecule has 2 N–H and O–H groups in total. The van der Waals surface area contributed by atoms with E-state index in [1.54, 1.807) is 24.5 Å². The number of hydrogen-bond donors (Lipinski definition) is 2. The van der Waals surface area contributed by atoms with Gasteiger partial charge in [-0.1, -0.05) is 30.3 Å². The molecule has 2 atom stereocenters. The van der Waals surface area contributed by atoms with Crippen molar-refractivity contribution in [3.05, 3.63) is 83.7 Å². The number of rotatable bonds is 6. The number of fused-ring (bicyclic) bond motifs is 1. The number of halogens is 1. The molecule has 0 radical (unpaired) electrons. The average molecular weight is 406 g/mol. The molecule has 1 aliphatic rings. The third-order valence-electron chi connectivity index (χ3n) is 5.46. The van der Waals surface area contributed by atoms with Crippen molar-refractivity contribution in [2.24, 2.45) is 13.0 Å². The highest BCUT2D eigenvalue weighted by atomic mass is 19.1. The van der Waals surface area contributed by atoms with Gasteiger partial charge in [-0.15, -0.1) is 0 Å². The Morgan fingerprint density at radius 1 is 1.27 bits per heavy atom. The van der Waals surface area contributed by atoms with Crippen molar-refractivity contribution in [2.45, 2.75) is 25.3 Å². The summed E-state index contributed by atoms with van der Waals surface area (Å²) in [5.74, 6) is -0.172. The van der Waals surface area contributed by atoms with E-state index < -0.39 is 6.04 Å². The molecule has 0 saturated heterocycles. The molecule has 6 nitrogen and oxygen atoms in total. The lowest BCUT2D eigenvalue weighted by molar-refractivity contribution is -0.123. The van der Waals surface area contributed by atoms with Crippen LogP contribution in [0, 0.1) is 11.7 Å². The molecule has 0 aliphatic carbocycles. The van der Waals surface area contributed by atoms with Crippen LogP contribution in [0.1, 0.15) is 35.8 Å². The number of nitrogens with zero attached hydrogens (tertiary/aromatic N) is 2. The molecule has 2 heterocycles. The summed E-state index contributed by atoms with van der Waals surface area (Å²) in [6.45, 7) is 0. The molecule has 2 aromatic carbocycles. The second kappa shape index (κ2) is 8.49. The Labute approximate surface area is 174 Å². The number of carbonyl (C=O) groups excluding carboxylic acids is 2. The maximum atomic E-state index is 13.4. The zero-order chi connectivity index (χ0) is 21.1. The normalized spacial score (nSPS) is 16.5. The van der Waals surface area contributed by atoms with Crippen LogP contribution in [0.3, 0.4) is 0 Å². The van der Waals surface area contributed by atoms with Gasteiger partial charge in [-0.25, -0.2) is 9.37 Å². The van der Waals surface area contributed by atoms with Gasteiger partial charge in [0, 0.05) is 37.5 Å². The van der Waals surface area contributed by atoms with Crippen LogP contribution in [0.2, 0.25) is 0 Å². The minimum absolute atomic E-state index is 0.0549. The molecule has 30 heavy (non-hydrogen) atoms. The highest BCUT2D eigenvalue weighted by Crippen LogP contribution is 2.28. The number of nitrogens with one attached hydrogen (secondary N) is 2. The molecular formula is C23H23FN4O2. The summed E-state index contributed by atoms with van der Waals surface area (Å²) >= 11 is 0. The van der Waals surface area contributed by atoms with Gasteiger partial charge in [-0.05, 0) is 42.2 Å². The quantitative estimate of drug-likeness (QED) is 0.659. The maximum Gasteiger partial charge on any atom is 0.227 e. The number of amides is 2. The number of para-hydroxylation sites is 1. The lowest BCUT2D eigenvalue weighted by atomic mass is 9.89. The van der Waals surface area contributed by atoms with E-state index in [9.17, 15) is 14.0 Å². The first-order valence-electron chi connectivity index (χ1n) is 9.92. The standard InChI is InChI=1S/C23H23FN4O2/c1-28-13-12-25-22(28)21(15-6-9-18(24)10-7-15)27-20(29)11-8-17-14-16-4-2-3-5-19(16)26-23(17)30/h2-7,9-10,12-13,17,21H,8,11,14H2,1H3,(H,26,30)(H,27,29). The molecular weight excluding hydrogens is 383 g/mol.